The van der Waals surface area contributed by atoms with Gasteiger partial charge in [0.2, 0.25) is 0 Å². The van der Waals surface area contributed by atoms with Gasteiger partial charge in [-0.1, -0.05) is 6.07 Å². The van der Waals surface area contributed by atoms with E-state index in [1.54, 1.807) is 6.07 Å². The lowest BCUT2D eigenvalue weighted by Gasteiger charge is -2.27. The highest BCUT2D eigenvalue weighted by atomic mass is 32.2. The Morgan fingerprint density at radius 1 is 1.38 bits per heavy atom. The first-order valence-electron chi connectivity index (χ1n) is 5.09. The molecule has 1 nitrogen and oxygen atoms in total. The summed E-state index contributed by atoms with van der Waals surface area (Å²) in [7, 11) is 0. The summed E-state index contributed by atoms with van der Waals surface area (Å²) in [6.07, 6.45) is -3.13. The zero-order valence-electron chi connectivity index (χ0n) is 8.55. The van der Waals surface area contributed by atoms with E-state index in [-0.39, 0.29) is 0 Å². The van der Waals surface area contributed by atoms with E-state index in [1.165, 1.54) is 23.9 Å². The van der Waals surface area contributed by atoms with Crippen LogP contribution in [0.25, 0.3) is 0 Å². The number of thioether (sulfide) groups is 1. The fourth-order valence-corrected chi connectivity index (χ4v) is 2.51. The molecule has 1 aromatic carbocycles. The molecule has 16 heavy (non-hydrogen) atoms. The molecule has 0 aromatic heterocycles. The Morgan fingerprint density at radius 2 is 2.12 bits per heavy atom. The molecule has 5 heteroatoms. The molecule has 0 amide bonds. The minimum absolute atomic E-state index is 0.458. The lowest BCUT2D eigenvalue weighted by molar-refractivity contribution is -0.137. The topological polar surface area (TPSA) is 12.0 Å². The molecule has 0 spiro atoms. The van der Waals surface area contributed by atoms with Crippen LogP contribution in [0.1, 0.15) is 12.0 Å². The predicted molar refractivity (Wildman–Crippen MR) is 58.6 cm³/mol. The number of hydrogen-bond acceptors (Lipinski definition) is 2. The van der Waals surface area contributed by atoms with E-state index in [4.69, 9.17) is 0 Å². The number of rotatable bonds is 3. The Labute approximate surface area is 96.4 Å². The first-order valence-corrected chi connectivity index (χ1v) is 6.08. The summed E-state index contributed by atoms with van der Waals surface area (Å²) < 4.78 is 37.3. The maximum absolute atomic E-state index is 12.4. The van der Waals surface area contributed by atoms with Gasteiger partial charge in [0, 0.05) is 16.7 Å². The van der Waals surface area contributed by atoms with Crippen molar-refractivity contribution in [2.24, 2.45) is 0 Å². The van der Waals surface area contributed by atoms with Crippen LogP contribution < -0.4 is 5.32 Å². The summed E-state index contributed by atoms with van der Waals surface area (Å²) in [5.41, 5.74) is -0.570. The van der Waals surface area contributed by atoms with Crippen LogP contribution in [0.5, 0.6) is 0 Å². The second-order valence-electron chi connectivity index (χ2n) is 3.78. The van der Waals surface area contributed by atoms with Gasteiger partial charge in [-0.05, 0) is 31.2 Å². The van der Waals surface area contributed by atoms with Gasteiger partial charge < -0.3 is 5.32 Å². The van der Waals surface area contributed by atoms with Crippen molar-refractivity contribution in [3.05, 3.63) is 29.8 Å². The highest BCUT2D eigenvalue weighted by molar-refractivity contribution is 7.99. The SMILES string of the molecule is FC(F)(F)c1cccc(SCC2CCN2)c1. The van der Waals surface area contributed by atoms with Gasteiger partial charge in [-0.2, -0.15) is 13.2 Å². The van der Waals surface area contributed by atoms with Crippen LogP contribution >= 0.6 is 11.8 Å². The van der Waals surface area contributed by atoms with Gasteiger partial charge in [0.25, 0.3) is 0 Å². The number of alkyl halides is 3. The Balaban J connectivity index is 1.98. The fraction of sp³-hybridized carbons (Fsp3) is 0.455. The zero-order valence-corrected chi connectivity index (χ0v) is 9.37. The van der Waals surface area contributed by atoms with Crippen molar-refractivity contribution in [3.8, 4) is 0 Å². The molecule has 0 bridgehead atoms. The van der Waals surface area contributed by atoms with E-state index in [0.717, 1.165) is 24.8 Å². The van der Waals surface area contributed by atoms with Gasteiger partial charge in [0.15, 0.2) is 0 Å². The molecule has 0 aliphatic carbocycles. The quantitative estimate of drug-likeness (QED) is 0.823. The molecule has 1 saturated heterocycles. The van der Waals surface area contributed by atoms with Gasteiger partial charge in [0.1, 0.15) is 0 Å². The van der Waals surface area contributed by atoms with Gasteiger partial charge >= 0.3 is 6.18 Å². The van der Waals surface area contributed by atoms with Crippen molar-refractivity contribution in [2.45, 2.75) is 23.5 Å². The van der Waals surface area contributed by atoms with Crippen LogP contribution in [0.2, 0.25) is 0 Å². The fourth-order valence-electron chi connectivity index (χ4n) is 1.45. The third-order valence-electron chi connectivity index (χ3n) is 2.54. The molecule has 1 aliphatic rings. The molecule has 1 fully saturated rings. The van der Waals surface area contributed by atoms with Crippen molar-refractivity contribution in [1.82, 2.24) is 5.32 Å². The molecule has 1 aromatic rings. The van der Waals surface area contributed by atoms with E-state index in [0.29, 0.717) is 10.9 Å². The largest absolute Gasteiger partial charge is 0.416 e. The molecule has 0 radical (unpaired) electrons. The Bertz CT molecular complexity index is 360. The summed E-state index contributed by atoms with van der Waals surface area (Å²) >= 11 is 1.47. The maximum Gasteiger partial charge on any atom is 0.416 e. The summed E-state index contributed by atoms with van der Waals surface area (Å²) in [5, 5.41) is 3.22. The Kier molecular flexibility index (Phi) is 3.44. The average molecular weight is 247 g/mol. The first kappa shape index (κ1) is 11.8. The van der Waals surface area contributed by atoms with Crippen LogP contribution in [0.4, 0.5) is 13.2 Å². The van der Waals surface area contributed by atoms with E-state index < -0.39 is 11.7 Å². The number of benzene rings is 1. The standard InChI is InChI=1S/C11H12F3NS/c12-11(13,14)8-2-1-3-10(6-8)16-7-9-4-5-15-9/h1-3,6,9,15H,4-5,7H2. The van der Waals surface area contributed by atoms with Crippen molar-refractivity contribution in [2.75, 3.05) is 12.3 Å². The van der Waals surface area contributed by atoms with Crippen LogP contribution in [-0.2, 0) is 6.18 Å². The van der Waals surface area contributed by atoms with E-state index in [2.05, 4.69) is 5.32 Å². The molecule has 1 aliphatic heterocycles. The maximum atomic E-state index is 12.4. The van der Waals surface area contributed by atoms with E-state index >= 15 is 0 Å². The molecular formula is C11H12F3NS. The van der Waals surface area contributed by atoms with Crippen LogP contribution in [0, 0.1) is 0 Å². The van der Waals surface area contributed by atoms with Crippen molar-refractivity contribution < 1.29 is 13.2 Å². The highest BCUT2D eigenvalue weighted by Gasteiger charge is 2.30. The highest BCUT2D eigenvalue weighted by Crippen LogP contribution is 2.32. The second-order valence-corrected chi connectivity index (χ2v) is 4.87. The predicted octanol–water partition coefficient (Wildman–Crippen LogP) is 3.16. The summed E-state index contributed by atoms with van der Waals surface area (Å²) in [6, 6.07) is 5.95. The van der Waals surface area contributed by atoms with Crippen molar-refractivity contribution >= 4 is 11.8 Å². The molecule has 1 unspecified atom stereocenters. The number of hydrogen-bond donors (Lipinski definition) is 1. The summed E-state index contributed by atoms with van der Waals surface area (Å²) in [6.45, 7) is 1.02. The molecule has 1 N–H and O–H groups in total. The van der Waals surface area contributed by atoms with Crippen LogP contribution in [0.15, 0.2) is 29.2 Å². The zero-order chi connectivity index (χ0) is 11.6. The van der Waals surface area contributed by atoms with E-state index in [9.17, 15) is 13.2 Å². The van der Waals surface area contributed by atoms with Gasteiger partial charge in [-0.3, -0.25) is 0 Å². The smallest absolute Gasteiger partial charge is 0.313 e. The first-order chi connectivity index (χ1) is 7.55. The lowest BCUT2D eigenvalue weighted by atomic mass is 10.1. The third kappa shape index (κ3) is 2.92. The number of halogens is 3. The van der Waals surface area contributed by atoms with Crippen molar-refractivity contribution in [3.63, 3.8) is 0 Å². The minimum Gasteiger partial charge on any atom is -0.313 e. The molecular weight excluding hydrogens is 235 g/mol. The van der Waals surface area contributed by atoms with Gasteiger partial charge in [-0.15, -0.1) is 11.8 Å². The molecule has 0 saturated carbocycles. The van der Waals surface area contributed by atoms with E-state index in [1.807, 2.05) is 0 Å². The Hall–Kier alpha value is -0.680. The molecule has 1 heterocycles. The monoisotopic (exact) mass is 247 g/mol. The number of nitrogens with one attached hydrogen (secondary N) is 1. The summed E-state index contributed by atoms with van der Waals surface area (Å²) in [4.78, 5) is 0.684. The minimum atomic E-state index is -4.24. The van der Waals surface area contributed by atoms with Crippen LogP contribution in [-0.4, -0.2) is 18.3 Å². The molecule has 1 atom stereocenters. The average Bonchev–Trinajstić information content (AvgIpc) is 2.14. The molecule has 88 valence electrons. The van der Waals surface area contributed by atoms with Crippen molar-refractivity contribution in [1.29, 1.82) is 0 Å². The third-order valence-corrected chi connectivity index (χ3v) is 3.69. The summed E-state index contributed by atoms with van der Waals surface area (Å²) in [5.74, 6) is 0.835. The molecule has 2 rings (SSSR count). The normalized spacial score (nSPS) is 20.6. The second kappa shape index (κ2) is 4.67. The van der Waals surface area contributed by atoms with Crippen LogP contribution in [0.3, 0.4) is 0 Å². The lowest BCUT2D eigenvalue weighted by Crippen LogP contribution is -2.44. The Morgan fingerprint density at radius 3 is 2.69 bits per heavy atom. The van der Waals surface area contributed by atoms with Gasteiger partial charge in [-0.25, -0.2) is 0 Å². The van der Waals surface area contributed by atoms with Gasteiger partial charge in [0.05, 0.1) is 5.56 Å².